The molecule has 2 heteroatoms. The Hall–Kier alpha value is -5.08. The van der Waals surface area contributed by atoms with Gasteiger partial charge in [0.1, 0.15) is 11.2 Å². The Balaban J connectivity index is 1.22. The van der Waals surface area contributed by atoms with E-state index >= 15 is 0 Å². The molecule has 0 bridgehead atoms. The largest absolute Gasteiger partial charge is 0.456 e. The third-order valence-corrected chi connectivity index (χ3v) is 9.21. The molecule has 8 aromatic rings. The molecule has 0 radical (unpaired) electrons. The van der Waals surface area contributed by atoms with E-state index < -0.39 is 0 Å². The number of hydrogen-bond acceptors (Lipinski definition) is 1. The van der Waals surface area contributed by atoms with Gasteiger partial charge in [0.05, 0.1) is 11.0 Å². The van der Waals surface area contributed by atoms with Gasteiger partial charge in [0, 0.05) is 32.6 Å². The zero-order chi connectivity index (χ0) is 27.3. The van der Waals surface area contributed by atoms with Gasteiger partial charge in [-0.15, -0.1) is 0 Å². The van der Waals surface area contributed by atoms with Crippen molar-refractivity contribution in [2.75, 3.05) is 0 Å². The molecule has 194 valence electrons. The van der Waals surface area contributed by atoms with E-state index in [0.29, 0.717) is 0 Å². The van der Waals surface area contributed by atoms with Crippen LogP contribution in [0, 0.1) is 0 Å². The molecule has 1 aliphatic carbocycles. The van der Waals surface area contributed by atoms with Crippen LogP contribution >= 0.6 is 0 Å². The minimum absolute atomic E-state index is 0.0219. The van der Waals surface area contributed by atoms with Gasteiger partial charge < -0.3 is 8.98 Å². The van der Waals surface area contributed by atoms with Gasteiger partial charge in [0.25, 0.3) is 0 Å². The third kappa shape index (κ3) is 3.08. The van der Waals surface area contributed by atoms with Crippen LogP contribution in [0.5, 0.6) is 0 Å². The number of benzene rings is 6. The Labute approximate surface area is 238 Å². The van der Waals surface area contributed by atoms with Gasteiger partial charge in [0.2, 0.25) is 0 Å². The topological polar surface area (TPSA) is 18.1 Å². The molecule has 0 saturated carbocycles. The first kappa shape index (κ1) is 22.7. The van der Waals surface area contributed by atoms with Crippen molar-refractivity contribution < 1.29 is 4.42 Å². The van der Waals surface area contributed by atoms with Crippen LogP contribution in [0.2, 0.25) is 0 Å². The van der Waals surface area contributed by atoms with E-state index in [9.17, 15) is 0 Å². The van der Waals surface area contributed by atoms with Crippen molar-refractivity contribution in [1.29, 1.82) is 0 Å². The van der Waals surface area contributed by atoms with Gasteiger partial charge in [-0.3, -0.25) is 0 Å². The Kier molecular flexibility index (Phi) is 4.42. The zero-order valence-corrected chi connectivity index (χ0v) is 23.0. The summed E-state index contributed by atoms with van der Waals surface area (Å²) in [4.78, 5) is 0. The van der Waals surface area contributed by atoms with E-state index in [1.54, 1.807) is 0 Å². The summed E-state index contributed by atoms with van der Waals surface area (Å²) in [7, 11) is 0. The summed E-state index contributed by atoms with van der Waals surface area (Å²) in [6.07, 6.45) is 0. The van der Waals surface area contributed by atoms with Crippen molar-refractivity contribution in [1.82, 2.24) is 4.57 Å². The van der Waals surface area contributed by atoms with Crippen molar-refractivity contribution in [2.45, 2.75) is 19.3 Å². The Morgan fingerprint density at radius 3 is 2.07 bits per heavy atom. The molecule has 0 amide bonds. The SMILES string of the molecule is CC1(C)c2ccccc2-c2cc3c(cc21)c1ccccc1n3-c1ccc(-c2ccc3c(c2)oc2ccccc23)cc1. The molecule has 0 N–H and O–H groups in total. The van der Waals surface area contributed by atoms with E-state index in [1.165, 1.54) is 49.6 Å². The van der Waals surface area contributed by atoms with E-state index in [-0.39, 0.29) is 5.41 Å². The molecule has 0 atom stereocenters. The van der Waals surface area contributed by atoms with E-state index in [4.69, 9.17) is 4.42 Å². The monoisotopic (exact) mass is 525 g/mol. The highest BCUT2D eigenvalue weighted by atomic mass is 16.3. The summed E-state index contributed by atoms with van der Waals surface area (Å²) in [5.41, 5.74) is 13.3. The number of furan rings is 1. The molecule has 2 aromatic heterocycles. The zero-order valence-electron chi connectivity index (χ0n) is 23.0. The normalized spacial score (nSPS) is 13.8. The highest BCUT2D eigenvalue weighted by Gasteiger charge is 2.36. The number of hydrogen-bond donors (Lipinski definition) is 0. The van der Waals surface area contributed by atoms with Crippen LogP contribution in [0.25, 0.3) is 71.7 Å². The third-order valence-electron chi connectivity index (χ3n) is 9.21. The summed E-state index contributed by atoms with van der Waals surface area (Å²) in [5.74, 6) is 0. The van der Waals surface area contributed by atoms with Crippen LogP contribution in [0.3, 0.4) is 0 Å². The minimum Gasteiger partial charge on any atom is -0.456 e. The maximum Gasteiger partial charge on any atom is 0.136 e. The van der Waals surface area contributed by atoms with Gasteiger partial charge in [-0.2, -0.15) is 0 Å². The van der Waals surface area contributed by atoms with Gasteiger partial charge in [-0.05, 0) is 81.9 Å². The number of rotatable bonds is 2. The van der Waals surface area contributed by atoms with Crippen molar-refractivity contribution in [3.05, 3.63) is 139 Å². The second kappa shape index (κ2) is 7.99. The van der Waals surface area contributed by atoms with E-state index in [2.05, 4.69) is 134 Å². The number of aromatic nitrogens is 1. The van der Waals surface area contributed by atoms with Crippen LogP contribution in [0.1, 0.15) is 25.0 Å². The average molecular weight is 526 g/mol. The molecule has 0 fully saturated rings. The average Bonchev–Trinajstić information content (AvgIpc) is 3.62. The predicted octanol–water partition coefficient (Wildman–Crippen LogP) is 10.7. The molecule has 0 aliphatic heterocycles. The van der Waals surface area contributed by atoms with E-state index in [1.807, 2.05) is 12.1 Å². The first-order valence-corrected chi connectivity index (χ1v) is 14.3. The second-order valence-electron chi connectivity index (χ2n) is 11.8. The fourth-order valence-electron chi connectivity index (χ4n) is 7.15. The fourth-order valence-corrected chi connectivity index (χ4v) is 7.15. The summed E-state index contributed by atoms with van der Waals surface area (Å²) in [6, 6.07) is 46.2. The quantitative estimate of drug-likeness (QED) is 0.219. The predicted molar refractivity (Wildman–Crippen MR) is 171 cm³/mol. The van der Waals surface area contributed by atoms with Crippen molar-refractivity contribution >= 4 is 43.7 Å². The molecule has 0 spiro atoms. The second-order valence-corrected chi connectivity index (χ2v) is 11.8. The molecule has 1 aliphatic rings. The van der Waals surface area contributed by atoms with Crippen LogP contribution in [0.4, 0.5) is 0 Å². The minimum atomic E-state index is -0.0219. The standard InChI is InChI=1S/C39H27NO/c1-39(2)33-12-6-3-9-27(33)31-23-36-32(22-34(31)39)28-10-4-7-13-35(28)40(36)26-18-15-24(16-19-26)25-17-20-30-29-11-5-8-14-37(29)41-38(30)21-25/h3-23H,1-2H3. The summed E-state index contributed by atoms with van der Waals surface area (Å²) in [5, 5.41) is 4.91. The molecule has 9 rings (SSSR count). The first-order chi connectivity index (χ1) is 20.1. The number of nitrogens with zero attached hydrogens (tertiary/aromatic N) is 1. The molecule has 2 heterocycles. The van der Waals surface area contributed by atoms with E-state index in [0.717, 1.165) is 33.2 Å². The molecular weight excluding hydrogens is 498 g/mol. The lowest BCUT2D eigenvalue weighted by Gasteiger charge is -2.21. The Morgan fingerprint density at radius 2 is 1.20 bits per heavy atom. The fraction of sp³-hybridized carbons (Fsp3) is 0.0769. The van der Waals surface area contributed by atoms with Gasteiger partial charge >= 0.3 is 0 Å². The summed E-state index contributed by atoms with van der Waals surface area (Å²) >= 11 is 0. The Bertz CT molecular complexity index is 2330. The smallest absolute Gasteiger partial charge is 0.136 e. The van der Waals surface area contributed by atoms with Crippen molar-refractivity contribution in [3.63, 3.8) is 0 Å². The maximum atomic E-state index is 6.17. The molecular formula is C39H27NO. The van der Waals surface area contributed by atoms with Crippen molar-refractivity contribution in [2.24, 2.45) is 0 Å². The molecule has 41 heavy (non-hydrogen) atoms. The molecule has 2 nitrogen and oxygen atoms in total. The summed E-state index contributed by atoms with van der Waals surface area (Å²) < 4.78 is 8.59. The van der Waals surface area contributed by atoms with Crippen LogP contribution in [0.15, 0.2) is 132 Å². The maximum absolute atomic E-state index is 6.17. The summed E-state index contributed by atoms with van der Waals surface area (Å²) in [6.45, 7) is 4.70. The Morgan fingerprint density at radius 1 is 0.488 bits per heavy atom. The van der Waals surface area contributed by atoms with Crippen molar-refractivity contribution in [3.8, 4) is 27.9 Å². The van der Waals surface area contributed by atoms with Gasteiger partial charge in [-0.25, -0.2) is 0 Å². The highest BCUT2D eigenvalue weighted by molar-refractivity contribution is 6.11. The van der Waals surface area contributed by atoms with Gasteiger partial charge in [-0.1, -0.05) is 92.7 Å². The molecule has 6 aromatic carbocycles. The molecule has 0 unspecified atom stereocenters. The first-order valence-electron chi connectivity index (χ1n) is 14.3. The highest BCUT2D eigenvalue weighted by Crippen LogP contribution is 2.51. The van der Waals surface area contributed by atoms with Crippen LogP contribution < -0.4 is 0 Å². The van der Waals surface area contributed by atoms with Gasteiger partial charge in [0.15, 0.2) is 0 Å². The molecule has 0 saturated heterocycles. The van der Waals surface area contributed by atoms with Crippen LogP contribution in [-0.4, -0.2) is 4.57 Å². The lowest BCUT2D eigenvalue weighted by molar-refractivity contribution is 0.661. The lowest BCUT2D eigenvalue weighted by atomic mass is 9.82. The number of para-hydroxylation sites is 2. The number of fused-ring (bicyclic) bond motifs is 9. The lowest BCUT2D eigenvalue weighted by Crippen LogP contribution is -2.14. The van der Waals surface area contributed by atoms with Crippen LogP contribution in [-0.2, 0) is 5.41 Å².